The topological polar surface area (TPSA) is 89.1 Å². The second-order valence-electron chi connectivity index (χ2n) is 5.15. The molecule has 2 aromatic rings. The largest absolute Gasteiger partial charge is 0.481 e. The molecule has 1 aliphatic rings. The molecule has 7 heteroatoms. The van der Waals surface area contributed by atoms with E-state index in [-0.39, 0.29) is 11.8 Å². The SMILES string of the molecule is COc1cc(CNC(=O)c2cn[nH]c2C2CCOC2)ccn1. The van der Waals surface area contributed by atoms with Gasteiger partial charge in [0.2, 0.25) is 5.88 Å². The highest BCUT2D eigenvalue weighted by atomic mass is 16.5. The van der Waals surface area contributed by atoms with Crippen molar-refractivity contribution in [2.75, 3.05) is 20.3 Å². The molecule has 0 aromatic carbocycles. The zero-order valence-corrected chi connectivity index (χ0v) is 12.3. The second-order valence-corrected chi connectivity index (χ2v) is 5.15. The first kappa shape index (κ1) is 14.5. The van der Waals surface area contributed by atoms with Crippen molar-refractivity contribution in [1.82, 2.24) is 20.5 Å². The van der Waals surface area contributed by atoms with Crippen LogP contribution in [0.2, 0.25) is 0 Å². The monoisotopic (exact) mass is 302 g/mol. The van der Waals surface area contributed by atoms with Gasteiger partial charge >= 0.3 is 0 Å². The number of carbonyl (C=O) groups is 1. The molecule has 116 valence electrons. The molecule has 0 aliphatic carbocycles. The predicted molar refractivity (Wildman–Crippen MR) is 78.7 cm³/mol. The molecule has 1 amide bonds. The van der Waals surface area contributed by atoms with Gasteiger partial charge < -0.3 is 14.8 Å². The maximum Gasteiger partial charge on any atom is 0.255 e. The van der Waals surface area contributed by atoms with Crippen LogP contribution in [0.1, 0.15) is 34.0 Å². The van der Waals surface area contributed by atoms with Crippen LogP contribution in [-0.4, -0.2) is 41.4 Å². The summed E-state index contributed by atoms with van der Waals surface area (Å²) >= 11 is 0. The van der Waals surface area contributed by atoms with Crippen LogP contribution in [-0.2, 0) is 11.3 Å². The smallest absolute Gasteiger partial charge is 0.255 e. The third-order valence-electron chi connectivity index (χ3n) is 3.71. The highest BCUT2D eigenvalue weighted by Crippen LogP contribution is 2.26. The maximum absolute atomic E-state index is 12.4. The van der Waals surface area contributed by atoms with E-state index in [0.717, 1.165) is 24.3 Å². The quantitative estimate of drug-likeness (QED) is 0.867. The molecule has 1 aliphatic heterocycles. The number of aromatic nitrogens is 3. The highest BCUT2D eigenvalue weighted by molar-refractivity contribution is 5.95. The van der Waals surface area contributed by atoms with Crippen molar-refractivity contribution < 1.29 is 14.3 Å². The van der Waals surface area contributed by atoms with Gasteiger partial charge in [-0.05, 0) is 18.1 Å². The Balaban J connectivity index is 1.66. The summed E-state index contributed by atoms with van der Waals surface area (Å²) in [5.41, 5.74) is 2.35. The van der Waals surface area contributed by atoms with Gasteiger partial charge in [0, 0.05) is 31.3 Å². The standard InChI is InChI=1S/C15H18N4O3/c1-21-13-6-10(2-4-16-13)7-17-15(20)12-8-18-19-14(12)11-3-5-22-9-11/h2,4,6,8,11H,3,5,7,9H2,1H3,(H,17,20)(H,18,19). The third-order valence-corrected chi connectivity index (χ3v) is 3.71. The number of ether oxygens (including phenoxy) is 2. The average molecular weight is 302 g/mol. The summed E-state index contributed by atoms with van der Waals surface area (Å²) in [6.07, 6.45) is 4.12. The molecule has 2 N–H and O–H groups in total. The normalized spacial score (nSPS) is 17.4. The molecule has 22 heavy (non-hydrogen) atoms. The van der Waals surface area contributed by atoms with Crippen LogP contribution in [0, 0.1) is 0 Å². The van der Waals surface area contributed by atoms with Crippen molar-refractivity contribution in [2.24, 2.45) is 0 Å². The summed E-state index contributed by atoms with van der Waals surface area (Å²) < 4.78 is 10.4. The van der Waals surface area contributed by atoms with E-state index in [1.165, 1.54) is 0 Å². The van der Waals surface area contributed by atoms with E-state index in [0.29, 0.717) is 24.6 Å². The molecule has 2 aromatic heterocycles. The van der Waals surface area contributed by atoms with Crippen molar-refractivity contribution in [1.29, 1.82) is 0 Å². The molecule has 3 heterocycles. The second kappa shape index (κ2) is 6.57. The lowest BCUT2D eigenvalue weighted by Crippen LogP contribution is -2.24. The summed E-state index contributed by atoms with van der Waals surface area (Å²) in [7, 11) is 1.56. The predicted octanol–water partition coefficient (Wildman–Crippen LogP) is 1.25. The Morgan fingerprint density at radius 3 is 3.27 bits per heavy atom. The van der Waals surface area contributed by atoms with Gasteiger partial charge in [-0.2, -0.15) is 5.10 Å². The Morgan fingerprint density at radius 1 is 1.59 bits per heavy atom. The number of nitrogens with zero attached hydrogens (tertiary/aromatic N) is 2. The fourth-order valence-corrected chi connectivity index (χ4v) is 2.50. The number of pyridine rings is 1. The van der Waals surface area contributed by atoms with E-state index < -0.39 is 0 Å². The van der Waals surface area contributed by atoms with Gasteiger partial charge in [0.1, 0.15) is 0 Å². The van der Waals surface area contributed by atoms with Crippen molar-refractivity contribution in [2.45, 2.75) is 18.9 Å². The van der Waals surface area contributed by atoms with Gasteiger partial charge in [0.25, 0.3) is 5.91 Å². The molecular weight excluding hydrogens is 284 g/mol. The average Bonchev–Trinajstić information content (AvgIpc) is 3.23. The number of methoxy groups -OCH3 is 1. The van der Waals surface area contributed by atoms with Crippen LogP contribution in [0.4, 0.5) is 0 Å². The zero-order chi connectivity index (χ0) is 15.4. The van der Waals surface area contributed by atoms with Crippen LogP contribution in [0.5, 0.6) is 5.88 Å². The first-order valence-electron chi connectivity index (χ1n) is 7.16. The number of rotatable bonds is 5. The minimum absolute atomic E-state index is 0.147. The highest BCUT2D eigenvalue weighted by Gasteiger charge is 2.25. The summed E-state index contributed by atoms with van der Waals surface area (Å²) in [5.74, 6) is 0.592. The van der Waals surface area contributed by atoms with Crippen molar-refractivity contribution >= 4 is 5.91 Å². The van der Waals surface area contributed by atoms with Gasteiger partial charge in [-0.15, -0.1) is 0 Å². The summed E-state index contributed by atoms with van der Waals surface area (Å²) in [4.78, 5) is 16.4. The molecule has 1 saturated heterocycles. The first-order valence-corrected chi connectivity index (χ1v) is 7.16. The molecular formula is C15H18N4O3. The third kappa shape index (κ3) is 3.09. The van der Waals surface area contributed by atoms with Crippen LogP contribution in [0.15, 0.2) is 24.5 Å². The molecule has 1 unspecified atom stereocenters. The lowest BCUT2D eigenvalue weighted by Gasteiger charge is -2.09. The molecule has 1 fully saturated rings. The van der Waals surface area contributed by atoms with E-state index in [1.54, 1.807) is 25.6 Å². The minimum Gasteiger partial charge on any atom is -0.481 e. The van der Waals surface area contributed by atoms with Crippen molar-refractivity contribution in [3.63, 3.8) is 0 Å². The summed E-state index contributed by atoms with van der Waals surface area (Å²) in [6, 6.07) is 3.63. The van der Waals surface area contributed by atoms with E-state index in [1.807, 2.05) is 6.07 Å². The number of amides is 1. The van der Waals surface area contributed by atoms with Gasteiger partial charge in [-0.3, -0.25) is 9.89 Å². The summed E-state index contributed by atoms with van der Waals surface area (Å²) in [6.45, 7) is 1.76. The van der Waals surface area contributed by atoms with Crippen LogP contribution in [0.25, 0.3) is 0 Å². The fourth-order valence-electron chi connectivity index (χ4n) is 2.50. The minimum atomic E-state index is -0.147. The van der Waals surface area contributed by atoms with Crippen molar-refractivity contribution in [3.05, 3.63) is 41.3 Å². The Morgan fingerprint density at radius 2 is 2.50 bits per heavy atom. The molecule has 3 rings (SSSR count). The summed E-state index contributed by atoms with van der Waals surface area (Å²) in [5, 5.41) is 9.82. The van der Waals surface area contributed by atoms with Gasteiger partial charge in [0.05, 0.1) is 31.2 Å². The molecule has 7 nitrogen and oxygen atoms in total. The van der Waals surface area contributed by atoms with Gasteiger partial charge in [-0.1, -0.05) is 0 Å². The van der Waals surface area contributed by atoms with Crippen molar-refractivity contribution in [3.8, 4) is 5.88 Å². The lowest BCUT2D eigenvalue weighted by atomic mass is 10.0. The molecule has 1 atom stereocenters. The Bertz CT molecular complexity index is 650. The number of nitrogens with one attached hydrogen (secondary N) is 2. The zero-order valence-electron chi connectivity index (χ0n) is 12.3. The fraction of sp³-hybridized carbons (Fsp3) is 0.400. The first-order chi connectivity index (χ1) is 10.8. The number of hydrogen-bond donors (Lipinski definition) is 2. The number of H-pyrrole nitrogens is 1. The molecule has 0 bridgehead atoms. The van der Waals surface area contributed by atoms with Crippen LogP contribution >= 0.6 is 0 Å². The number of aromatic amines is 1. The van der Waals surface area contributed by atoms with E-state index in [9.17, 15) is 4.79 Å². The van der Waals surface area contributed by atoms with E-state index >= 15 is 0 Å². The molecule has 0 spiro atoms. The van der Waals surface area contributed by atoms with Gasteiger partial charge in [-0.25, -0.2) is 4.98 Å². The Hall–Kier alpha value is -2.41. The van der Waals surface area contributed by atoms with Gasteiger partial charge in [0.15, 0.2) is 0 Å². The Kier molecular flexibility index (Phi) is 4.34. The maximum atomic E-state index is 12.4. The number of hydrogen-bond acceptors (Lipinski definition) is 5. The molecule has 0 saturated carbocycles. The van der Waals surface area contributed by atoms with E-state index in [2.05, 4.69) is 20.5 Å². The van der Waals surface area contributed by atoms with Crippen LogP contribution in [0.3, 0.4) is 0 Å². The Labute approximate surface area is 128 Å². The van der Waals surface area contributed by atoms with Crippen LogP contribution < -0.4 is 10.1 Å². The number of carbonyl (C=O) groups excluding carboxylic acids is 1. The molecule has 0 radical (unpaired) electrons. The van der Waals surface area contributed by atoms with E-state index in [4.69, 9.17) is 9.47 Å². The lowest BCUT2D eigenvalue weighted by molar-refractivity contribution is 0.0949.